The van der Waals surface area contributed by atoms with Gasteiger partial charge in [-0.1, -0.05) is 37.6 Å². The van der Waals surface area contributed by atoms with Gasteiger partial charge in [-0.15, -0.1) is 0 Å². The molecule has 1 rings (SSSR count). The number of thioether (sulfide) groups is 1. The average Bonchev–Trinajstić information content (AvgIpc) is 2.25. The van der Waals surface area contributed by atoms with Crippen LogP contribution in [0.4, 0.5) is 0 Å². The molecular weight excluding hydrogens is 228 g/mol. The number of hydrogen-bond acceptors (Lipinski definition) is 3. The van der Waals surface area contributed by atoms with Crippen molar-refractivity contribution in [3.8, 4) is 0 Å². The fourth-order valence-corrected chi connectivity index (χ4v) is 2.98. The molecule has 0 aromatic heterocycles. The van der Waals surface area contributed by atoms with Gasteiger partial charge in [-0.2, -0.15) is 11.8 Å². The highest BCUT2D eigenvalue weighted by atomic mass is 32.2. The summed E-state index contributed by atoms with van der Waals surface area (Å²) in [6.45, 7) is 8.76. The highest BCUT2D eigenvalue weighted by Crippen LogP contribution is 2.23. The van der Waals surface area contributed by atoms with E-state index in [9.17, 15) is 0 Å². The maximum atomic E-state index is 5.67. The van der Waals surface area contributed by atoms with E-state index in [1.54, 1.807) is 0 Å². The predicted octanol–water partition coefficient (Wildman–Crippen LogP) is 3.20. The lowest BCUT2D eigenvalue weighted by Crippen LogP contribution is -2.30. The highest BCUT2D eigenvalue weighted by Gasteiger charge is 2.12. The SMILES string of the molecule is Cc1ccc(C(CSCC(C)C)NN)c(C)c1. The first-order chi connectivity index (χ1) is 8.04. The molecule has 0 aliphatic heterocycles. The zero-order chi connectivity index (χ0) is 12.8. The molecule has 1 aromatic rings. The van der Waals surface area contributed by atoms with Crippen molar-refractivity contribution >= 4 is 11.8 Å². The molecule has 96 valence electrons. The molecule has 0 saturated heterocycles. The molecule has 0 aliphatic rings. The summed E-state index contributed by atoms with van der Waals surface area (Å²) in [5, 5.41) is 0. The van der Waals surface area contributed by atoms with Crippen LogP contribution >= 0.6 is 11.8 Å². The molecule has 17 heavy (non-hydrogen) atoms. The van der Waals surface area contributed by atoms with Gasteiger partial charge >= 0.3 is 0 Å². The Kier molecular flexibility index (Phi) is 6.03. The van der Waals surface area contributed by atoms with Crippen LogP contribution in [0.3, 0.4) is 0 Å². The first-order valence-electron chi connectivity index (χ1n) is 6.15. The molecule has 2 nitrogen and oxygen atoms in total. The second-order valence-corrected chi connectivity index (χ2v) is 6.09. The molecule has 3 heteroatoms. The topological polar surface area (TPSA) is 38.0 Å². The molecule has 0 spiro atoms. The number of nitrogens with one attached hydrogen (secondary N) is 1. The minimum atomic E-state index is 0.249. The number of hydrazine groups is 1. The largest absolute Gasteiger partial charge is 0.271 e. The van der Waals surface area contributed by atoms with Crippen LogP contribution in [-0.4, -0.2) is 11.5 Å². The van der Waals surface area contributed by atoms with Crippen LogP contribution in [0.2, 0.25) is 0 Å². The first kappa shape index (κ1) is 14.6. The zero-order valence-electron chi connectivity index (χ0n) is 11.3. The minimum absolute atomic E-state index is 0.249. The maximum absolute atomic E-state index is 5.67. The van der Waals surface area contributed by atoms with Gasteiger partial charge < -0.3 is 0 Å². The van der Waals surface area contributed by atoms with E-state index in [-0.39, 0.29) is 6.04 Å². The summed E-state index contributed by atoms with van der Waals surface area (Å²) in [4.78, 5) is 0. The second-order valence-electron chi connectivity index (χ2n) is 5.01. The molecule has 0 saturated carbocycles. The van der Waals surface area contributed by atoms with Crippen molar-refractivity contribution in [2.24, 2.45) is 11.8 Å². The van der Waals surface area contributed by atoms with Gasteiger partial charge in [0.2, 0.25) is 0 Å². The molecule has 0 fully saturated rings. The summed E-state index contributed by atoms with van der Waals surface area (Å²) in [7, 11) is 0. The first-order valence-corrected chi connectivity index (χ1v) is 7.31. The van der Waals surface area contributed by atoms with Gasteiger partial charge in [0.1, 0.15) is 0 Å². The van der Waals surface area contributed by atoms with Gasteiger partial charge in [0, 0.05) is 5.75 Å². The molecule has 1 atom stereocenters. The van der Waals surface area contributed by atoms with E-state index in [0.717, 1.165) is 11.7 Å². The molecule has 3 N–H and O–H groups in total. The van der Waals surface area contributed by atoms with Crippen LogP contribution in [0.15, 0.2) is 18.2 Å². The molecule has 1 unspecified atom stereocenters. The Morgan fingerprint density at radius 1 is 1.24 bits per heavy atom. The van der Waals surface area contributed by atoms with Crippen molar-refractivity contribution in [1.29, 1.82) is 0 Å². The van der Waals surface area contributed by atoms with Crippen LogP contribution < -0.4 is 11.3 Å². The third kappa shape index (κ3) is 4.70. The molecule has 0 radical (unpaired) electrons. The summed E-state index contributed by atoms with van der Waals surface area (Å²) in [6, 6.07) is 6.80. The van der Waals surface area contributed by atoms with Crippen molar-refractivity contribution < 1.29 is 0 Å². The van der Waals surface area contributed by atoms with Gasteiger partial charge in [-0.3, -0.25) is 11.3 Å². The maximum Gasteiger partial charge on any atom is 0.0552 e. The molecular formula is C14H24N2S. The van der Waals surface area contributed by atoms with Gasteiger partial charge in [0.25, 0.3) is 0 Å². The summed E-state index contributed by atoms with van der Waals surface area (Å²) >= 11 is 1.96. The van der Waals surface area contributed by atoms with Crippen molar-refractivity contribution in [1.82, 2.24) is 5.43 Å². The number of rotatable bonds is 6. The van der Waals surface area contributed by atoms with E-state index in [4.69, 9.17) is 5.84 Å². The quantitative estimate of drug-likeness (QED) is 0.603. The summed E-state index contributed by atoms with van der Waals surface area (Å²) in [5.41, 5.74) is 6.87. The van der Waals surface area contributed by atoms with Gasteiger partial charge in [0.15, 0.2) is 0 Å². The number of benzene rings is 1. The van der Waals surface area contributed by atoms with E-state index >= 15 is 0 Å². The van der Waals surface area contributed by atoms with E-state index in [1.807, 2.05) is 11.8 Å². The van der Waals surface area contributed by atoms with Crippen LogP contribution in [-0.2, 0) is 0 Å². The molecule has 0 amide bonds. The zero-order valence-corrected chi connectivity index (χ0v) is 12.1. The Balaban J connectivity index is 2.66. The van der Waals surface area contributed by atoms with Crippen molar-refractivity contribution in [2.45, 2.75) is 33.7 Å². The predicted molar refractivity (Wildman–Crippen MR) is 78.1 cm³/mol. The van der Waals surface area contributed by atoms with E-state index < -0.39 is 0 Å². The summed E-state index contributed by atoms with van der Waals surface area (Å²) in [5.74, 6) is 8.61. The highest BCUT2D eigenvalue weighted by molar-refractivity contribution is 7.99. The fraction of sp³-hybridized carbons (Fsp3) is 0.571. The number of hydrogen-bond donors (Lipinski definition) is 2. The minimum Gasteiger partial charge on any atom is -0.271 e. The lowest BCUT2D eigenvalue weighted by Gasteiger charge is -2.19. The average molecular weight is 252 g/mol. The van der Waals surface area contributed by atoms with E-state index in [1.165, 1.54) is 22.4 Å². The standard InChI is InChI=1S/C14H24N2S/c1-10(2)8-17-9-14(16-15)13-6-5-11(3)7-12(13)4/h5-7,10,14,16H,8-9,15H2,1-4H3. The van der Waals surface area contributed by atoms with Crippen LogP contribution in [0, 0.1) is 19.8 Å². The Morgan fingerprint density at radius 2 is 1.94 bits per heavy atom. The van der Waals surface area contributed by atoms with Gasteiger partial charge in [0.05, 0.1) is 6.04 Å². The Labute approximate surface area is 109 Å². The van der Waals surface area contributed by atoms with Gasteiger partial charge in [-0.05, 0) is 36.6 Å². The number of aryl methyl sites for hydroxylation is 2. The van der Waals surface area contributed by atoms with Crippen molar-refractivity contribution in [2.75, 3.05) is 11.5 Å². The monoisotopic (exact) mass is 252 g/mol. The normalized spacial score (nSPS) is 13.1. The van der Waals surface area contributed by atoms with Gasteiger partial charge in [-0.25, -0.2) is 0 Å². The Bertz CT molecular complexity index is 350. The molecule has 0 heterocycles. The smallest absolute Gasteiger partial charge is 0.0552 e. The molecule has 0 aliphatic carbocycles. The Hall–Kier alpha value is -0.510. The number of nitrogens with two attached hydrogens (primary N) is 1. The fourth-order valence-electron chi connectivity index (χ4n) is 1.87. The third-order valence-corrected chi connectivity index (χ3v) is 4.21. The van der Waals surface area contributed by atoms with Crippen molar-refractivity contribution in [3.63, 3.8) is 0 Å². The molecule has 0 bridgehead atoms. The lowest BCUT2D eigenvalue weighted by molar-refractivity contribution is 0.606. The van der Waals surface area contributed by atoms with Crippen LogP contribution in [0.1, 0.15) is 36.6 Å². The van der Waals surface area contributed by atoms with E-state index in [0.29, 0.717) is 0 Å². The summed E-state index contributed by atoms with van der Waals surface area (Å²) in [6.07, 6.45) is 0. The molecule has 1 aromatic carbocycles. The third-order valence-electron chi connectivity index (χ3n) is 2.74. The summed E-state index contributed by atoms with van der Waals surface area (Å²) < 4.78 is 0. The van der Waals surface area contributed by atoms with E-state index in [2.05, 4.69) is 51.3 Å². The second kappa shape index (κ2) is 7.04. The van der Waals surface area contributed by atoms with Crippen LogP contribution in [0.5, 0.6) is 0 Å². The van der Waals surface area contributed by atoms with Crippen molar-refractivity contribution in [3.05, 3.63) is 34.9 Å². The van der Waals surface area contributed by atoms with Crippen LogP contribution in [0.25, 0.3) is 0 Å². The lowest BCUT2D eigenvalue weighted by atomic mass is 10.0. The Morgan fingerprint density at radius 3 is 2.47 bits per heavy atom.